The number of aliphatic hydroxyl groups excluding tert-OH is 2. The van der Waals surface area contributed by atoms with E-state index in [2.05, 4.69) is 6.92 Å². The van der Waals surface area contributed by atoms with Crippen LogP contribution in [0, 0.1) is 28.6 Å². The summed E-state index contributed by atoms with van der Waals surface area (Å²) in [7, 11) is 0. The molecule has 0 amide bonds. The number of carbonyl (C=O) groups is 2. The van der Waals surface area contributed by atoms with E-state index >= 15 is 0 Å². The summed E-state index contributed by atoms with van der Waals surface area (Å²) in [6.07, 6.45) is 4.50. The molecule has 1 saturated heterocycles. The molecule has 0 aromatic heterocycles. The Bertz CT molecular complexity index is 1000. The molecule has 0 unspecified atom stereocenters. The van der Waals surface area contributed by atoms with Gasteiger partial charge in [-0.3, -0.25) is 0 Å². The number of fused-ring (bicyclic) bond motifs is 5. The molecule has 4 saturated carbocycles. The Morgan fingerprint density at radius 2 is 1.82 bits per heavy atom. The van der Waals surface area contributed by atoms with Gasteiger partial charge in [-0.15, -0.1) is 0 Å². The molecule has 0 bridgehead atoms. The fraction of sp³-hybridized carbons (Fsp3) is 0.862. The third-order valence-corrected chi connectivity index (χ3v) is 11.9. The summed E-state index contributed by atoms with van der Waals surface area (Å²) in [6, 6.07) is 0. The van der Waals surface area contributed by atoms with Gasteiger partial charge in [0.2, 0.25) is 0 Å². The first-order valence-corrected chi connectivity index (χ1v) is 14.4. The number of ether oxygens (including phenoxy) is 3. The van der Waals surface area contributed by atoms with Crippen LogP contribution in [0.4, 0.5) is 0 Å². The van der Waals surface area contributed by atoms with E-state index in [1.165, 1.54) is 0 Å². The molecule has 0 radical (unpaired) electrons. The smallest absolute Gasteiger partial charge is 0.331 e. The summed E-state index contributed by atoms with van der Waals surface area (Å²) in [4.78, 5) is 24.7. The highest BCUT2D eigenvalue weighted by Gasteiger charge is 2.71. The molecule has 0 aromatic carbocycles. The lowest BCUT2D eigenvalue weighted by molar-refractivity contribution is -0.286. The van der Waals surface area contributed by atoms with E-state index < -0.39 is 46.6 Å². The van der Waals surface area contributed by atoms with Crippen molar-refractivity contribution in [2.24, 2.45) is 28.6 Å². The lowest BCUT2D eigenvalue weighted by Crippen LogP contribution is -2.69. The number of esters is 1. The van der Waals surface area contributed by atoms with Gasteiger partial charge in [-0.2, -0.15) is 0 Å². The minimum absolute atomic E-state index is 0.0729. The second kappa shape index (κ2) is 9.08. The van der Waals surface area contributed by atoms with Gasteiger partial charge in [-0.25, -0.2) is 4.79 Å². The van der Waals surface area contributed by atoms with Crippen molar-refractivity contribution >= 4 is 12.3 Å². The normalized spacial score (nSPS) is 54.4. The molecule has 0 spiro atoms. The van der Waals surface area contributed by atoms with Crippen LogP contribution in [0.2, 0.25) is 0 Å². The van der Waals surface area contributed by atoms with Gasteiger partial charge >= 0.3 is 5.97 Å². The maximum atomic E-state index is 12.9. The van der Waals surface area contributed by atoms with Crippen LogP contribution in [0.15, 0.2) is 11.6 Å². The predicted octanol–water partition coefficient (Wildman–Crippen LogP) is 1.78. The maximum Gasteiger partial charge on any atom is 0.331 e. The quantitative estimate of drug-likeness (QED) is 0.241. The van der Waals surface area contributed by atoms with E-state index in [0.717, 1.165) is 31.1 Å². The Labute approximate surface area is 223 Å². The second-order valence-electron chi connectivity index (χ2n) is 13.3. The minimum atomic E-state index is -1.24. The van der Waals surface area contributed by atoms with Crippen molar-refractivity contribution < 1.29 is 44.2 Å². The average Bonchev–Trinajstić information content (AvgIpc) is 3.41. The van der Waals surface area contributed by atoms with Crippen LogP contribution in [0.3, 0.4) is 0 Å². The Kier molecular flexibility index (Phi) is 6.41. The monoisotopic (exact) mass is 534 g/mol. The lowest BCUT2D eigenvalue weighted by atomic mass is 9.41. The van der Waals surface area contributed by atoms with Crippen LogP contribution in [0.5, 0.6) is 0 Å². The van der Waals surface area contributed by atoms with Crippen LogP contribution in [0.25, 0.3) is 0 Å². The van der Waals surface area contributed by atoms with Gasteiger partial charge in [0, 0.05) is 24.3 Å². The first kappa shape index (κ1) is 26.8. The van der Waals surface area contributed by atoms with Crippen LogP contribution in [-0.2, 0) is 23.8 Å². The summed E-state index contributed by atoms with van der Waals surface area (Å²) in [5, 5.41) is 44.6. The van der Waals surface area contributed by atoms with E-state index in [4.69, 9.17) is 14.2 Å². The van der Waals surface area contributed by atoms with E-state index in [0.29, 0.717) is 45.1 Å². The molecule has 212 valence electrons. The van der Waals surface area contributed by atoms with Gasteiger partial charge in [0.1, 0.15) is 19.0 Å². The molecule has 4 N–H and O–H groups in total. The molecule has 6 rings (SSSR count). The highest BCUT2D eigenvalue weighted by Crippen LogP contribution is 2.70. The molecule has 38 heavy (non-hydrogen) atoms. The minimum Gasteiger partial charge on any atom is -0.458 e. The summed E-state index contributed by atoms with van der Waals surface area (Å²) in [5.74, 6) is -0.473. The van der Waals surface area contributed by atoms with Gasteiger partial charge in [0.15, 0.2) is 6.29 Å². The van der Waals surface area contributed by atoms with Crippen molar-refractivity contribution in [3.05, 3.63) is 11.6 Å². The van der Waals surface area contributed by atoms with Gasteiger partial charge < -0.3 is 39.4 Å². The van der Waals surface area contributed by atoms with E-state index in [-0.39, 0.29) is 36.2 Å². The van der Waals surface area contributed by atoms with Crippen LogP contribution in [-0.4, -0.2) is 81.2 Å². The Balaban J connectivity index is 1.22. The topological polar surface area (TPSA) is 143 Å². The molecule has 9 nitrogen and oxygen atoms in total. The van der Waals surface area contributed by atoms with Gasteiger partial charge in [0.25, 0.3) is 0 Å². The SMILES string of the molecule is C[C@H]1O[C@@H](O[C@H]2CC[C@]3(C=O)[C@@H]4CC[C@]5(C)[C@H](C6=CC(=O)OC6)CC[C@]5(O)[C@@H]4CC[C@]3(O)C2)C[C@H](O)[C@@H]1O. The largest absolute Gasteiger partial charge is 0.458 e. The van der Waals surface area contributed by atoms with E-state index in [9.17, 15) is 30.0 Å². The lowest BCUT2D eigenvalue weighted by Gasteiger charge is -2.65. The fourth-order valence-corrected chi connectivity index (χ4v) is 9.76. The number of hydrogen-bond donors (Lipinski definition) is 4. The number of aldehydes is 1. The third-order valence-electron chi connectivity index (χ3n) is 11.9. The summed E-state index contributed by atoms with van der Waals surface area (Å²) >= 11 is 0. The Morgan fingerprint density at radius 1 is 1.05 bits per heavy atom. The molecule has 12 atom stereocenters. The fourth-order valence-electron chi connectivity index (χ4n) is 9.76. The molecule has 6 aliphatic rings. The number of cyclic esters (lactones) is 1. The second-order valence-corrected chi connectivity index (χ2v) is 13.3. The zero-order chi connectivity index (χ0) is 27.1. The van der Waals surface area contributed by atoms with Gasteiger partial charge in [-0.1, -0.05) is 6.92 Å². The summed E-state index contributed by atoms with van der Waals surface area (Å²) in [6.45, 7) is 4.13. The molecule has 9 heteroatoms. The molecule has 4 aliphatic carbocycles. The van der Waals surface area contributed by atoms with Crippen LogP contribution < -0.4 is 0 Å². The van der Waals surface area contributed by atoms with Crippen LogP contribution >= 0.6 is 0 Å². The average molecular weight is 535 g/mol. The number of carbonyl (C=O) groups excluding carboxylic acids is 2. The number of rotatable bonds is 4. The summed E-state index contributed by atoms with van der Waals surface area (Å²) < 4.78 is 17.1. The van der Waals surface area contributed by atoms with E-state index in [1.54, 1.807) is 13.0 Å². The third kappa shape index (κ3) is 3.65. The van der Waals surface area contributed by atoms with Crippen molar-refractivity contribution in [1.82, 2.24) is 0 Å². The Hall–Kier alpha value is -1.36. The molecular formula is C29H42O9. The van der Waals surface area contributed by atoms with Crippen molar-refractivity contribution in [2.45, 2.75) is 120 Å². The first-order chi connectivity index (χ1) is 18.0. The van der Waals surface area contributed by atoms with Crippen LogP contribution in [0.1, 0.15) is 78.1 Å². The standard InChI is InChI=1S/C29H42O9/c1-16-25(33)22(31)12-24(37-16)38-18-3-8-27(15-30)20-4-7-26(2)19(17-11-23(32)36-14-17)6-10-29(26,35)21(20)5-9-28(27,34)13-18/h11,15-16,18-22,24-25,31,33-35H,3-10,12-14H2,1-2H3/t16-,18+,19+,20-,21-,22+,24+,25-,26-,27+,28+,29+/m1/s1. The zero-order valence-electron chi connectivity index (χ0n) is 22.4. The highest BCUT2D eigenvalue weighted by molar-refractivity contribution is 5.85. The molecule has 5 fully saturated rings. The zero-order valence-corrected chi connectivity index (χ0v) is 22.4. The van der Waals surface area contributed by atoms with Crippen molar-refractivity contribution in [3.8, 4) is 0 Å². The number of aliphatic hydroxyl groups is 4. The summed E-state index contributed by atoms with van der Waals surface area (Å²) in [5.41, 5.74) is -2.60. The van der Waals surface area contributed by atoms with Crippen molar-refractivity contribution in [1.29, 1.82) is 0 Å². The van der Waals surface area contributed by atoms with Gasteiger partial charge in [-0.05, 0) is 81.6 Å². The molecule has 2 heterocycles. The molecular weight excluding hydrogens is 492 g/mol. The van der Waals surface area contributed by atoms with E-state index in [1.807, 2.05) is 0 Å². The predicted molar refractivity (Wildman–Crippen MR) is 133 cm³/mol. The van der Waals surface area contributed by atoms with Gasteiger partial charge in [0.05, 0.1) is 34.9 Å². The van der Waals surface area contributed by atoms with Crippen molar-refractivity contribution in [2.75, 3.05) is 6.61 Å². The maximum absolute atomic E-state index is 12.9. The molecule has 0 aromatic rings. The molecule has 2 aliphatic heterocycles. The highest BCUT2D eigenvalue weighted by atomic mass is 16.7. The number of hydrogen-bond acceptors (Lipinski definition) is 9. The van der Waals surface area contributed by atoms with Crippen molar-refractivity contribution in [3.63, 3.8) is 0 Å². The Morgan fingerprint density at radius 3 is 2.50 bits per heavy atom. The first-order valence-electron chi connectivity index (χ1n) is 14.4.